The van der Waals surface area contributed by atoms with Gasteiger partial charge in [0.15, 0.2) is 0 Å². The van der Waals surface area contributed by atoms with Gasteiger partial charge in [0.25, 0.3) is 0 Å². The van der Waals surface area contributed by atoms with Gasteiger partial charge in [-0.3, -0.25) is 0 Å². The number of halogens is 3. The van der Waals surface area contributed by atoms with E-state index in [2.05, 4.69) is 12.2 Å². The molecule has 0 amide bonds. The number of hydrogen-bond acceptors (Lipinski definition) is 2. The summed E-state index contributed by atoms with van der Waals surface area (Å²) in [6.07, 6.45) is -3.81. The quantitative estimate of drug-likeness (QED) is 0.845. The van der Waals surface area contributed by atoms with Gasteiger partial charge in [-0.1, -0.05) is 19.1 Å². The third-order valence-electron chi connectivity index (χ3n) is 3.27. The van der Waals surface area contributed by atoms with Crippen molar-refractivity contribution in [2.75, 3.05) is 6.54 Å². The van der Waals surface area contributed by atoms with Gasteiger partial charge in [-0.15, -0.1) is 0 Å². The summed E-state index contributed by atoms with van der Waals surface area (Å²) in [5.74, 6) is -0.122. The Hall–Kier alpha value is -1.23. The lowest BCUT2D eigenvalue weighted by Crippen LogP contribution is -2.43. The lowest BCUT2D eigenvalue weighted by atomic mass is 10.0. The Morgan fingerprint density at radius 3 is 2.35 bits per heavy atom. The molecule has 1 N–H and O–H groups in total. The fraction of sp³-hybridized carbons (Fsp3) is 0.600. The topological polar surface area (TPSA) is 21.3 Å². The second kappa shape index (κ2) is 6.48. The molecule has 5 heteroatoms. The zero-order valence-corrected chi connectivity index (χ0v) is 12.3. The molecule has 0 aliphatic rings. The van der Waals surface area contributed by atoms with E-state index in [0.29, 0.717) is 6.54 Å². The van der Waals surface area contributed by atoms with Crippen molar-refractivity contribution in [1.82, 2.24) is 5.32 Å². The van der Waals surface area contributed by atoms with Crippen molar-refractivity contribution in [2.24, 2.45) is 0 Å². The molecular formula is C15H22F3NO. The number of para-hydroxylation sites is 1. The number of alkyl halides is 3. The van der Waals surface area contributed by atoms with Crippen molar-refractivity contribution < 1.29 is 17.9 Å². The van der Waals surface area contributed by atoms with Gasteiger partial charge >= 0.3 is 6.18 Å². The van der Waals surface area contributed by atoms with Crippen molar-refractivity contribution in [2.45, 2.75) is 51.9 Å². The van der Waals surface area contributed by atoms with Crippen LogP contribution in [-0.4, -0.2) is 18.2 Å². The van der Waals surface area contributed by atoms with Gasteiger partial charge in [-0.2, -0.15) is 13.2 Å². The molecule has 1 aromatic rings. The average Bonchev–Trinajstić information content (AvgIpc) is 2.36. The van der Waals surface area contributed by atoms with Crippen LogP contribution in [0, 0.1) is 0 Å². The molecule has 0 aromatic heterocycles. The van der Waals surface area contributed by atoms with Gasteiger partial charge in [0, 0.05) is 12.1 Å². The summed E-state index contributed by atoms with van der Waals surface area (Å²) in [6.45, 7) is 8.39. The van der Waals surface area contributed by atoms with E-state index in [0.717, 1.165) is 12.5 Å². The summed E-state index contributed by atoms with van der Waals surface area (Å²) in [7, 11) is 0. The Balaban J connectivity index is 2.70. The van der Waals surface area contributed by atoms with Crippen LogP contribution in [0.5, 0.6) is 5.75 Å². The van der Waals surface area contributed by atoms with Crippen molar-refractivity contribution in [3.63, 3.8) is 0 Å². The predicted octanol–water partition coefficient (Wildman–Crippen LogP) is 4.25. The standard InChI is InChI=1S/C15H22F3NO/c1-5-14(3,4)19-10-11(2)20-13-9-7-6-8-12(13)15(16,17)18/h6-9,11,19H,5,10H2,1-4H3. The molecule has 0 heterocycles. The fourth-order valence-corrected chi connectivity index (χ4v) is 1.61. The van der Waals surface area contributed by atoms with E-state index in [1.165, 1.54) is 12.1 Å². The summed E-state index contributed by atoms with van der Waals surface area (Å²) >= 11 is 0. The van der Waals surface area contributed by atoms with E-state index in [1.54, 1.807) is 13.0 Å². The zero-order chi connectivity index (χ0) is 15.4. The van der Waals surface area contributed by atoms with Crippen molar-refractivity contribution in [3.05, 3.63) is 29.8 Å². The smallest absolute Gasteiger partial charge is 0.419 e. The van der Waals surface area contributed by atoms with Crippen molar-refractivity contribution in [3.8, 4) is 5.75 Å². The summed E-state index contributed by atoms with van der Waals surface area (Å²) < 4.78 is 43.9. The molecule has 1 aromatic carbocycles. The van der Waals surface area contributed by atoms with Crippen LogP contribution >= 0.6 is 0 Å². The molecule has 0 spiro atoms. The van der Waals surface area contributed by atoms with Gasteiger partial charge in [0.1, 0.15) is 11.9 Å². The molecule has 0 aliphatic carbocycles. The minimum Gasteiger partial charge on any atom is -0.489 e. The lowest BCUT2D eigenvalue weighted by molar-refractivity contribution is -0.139. The zero-order valence-electron chi connectivity index (χ0n) is 12.3. The largest absolute Gasteiger partial charge is 0.489 e. The number of nitrogens with one attached hydrogen (secondary N) is 1. The Morgan fingerprint density at radius 2 is 1.80 bits per heavy atom. The van der Waals surface area contributed by atoms with E-state index in [4.69, 9.17) is 4.74 Å². The molecule has 0 saturated heterocycles. The third kappa shape index (κ3) is 5.04. The molecule has 0 radical (unpaired) electrons. The third-order valence-corrected chi connectivity index (χ3v) is 3.27. The van der Waals surface area contributed by atoms with Crippen LogP contribution in [-0.2, 0) is 6.18 Å². The maximum absolute atomic E-state index is 12.8. The number of rotatable bonds is 6. The first-order chi connectivity index (χ1) is 9.15. The molecule has 1 rings (SSSR count). The van der Waals surface area contributed by atoms with Crippen LogP contribution in [0.3, 0.4) is 0 Å². The molecule has 1 atom stereocenters. The number of hydrogen-bond donors (Lipinski definition) is 1. The van der Waals surface area contributed by atoms with E-state index in [-0.39, 0.29) is 17.4 Å². The van der Waals surface area contributed by atoms with Crippen LogP contribution in [0.4, 0.5) is 13.2 Å². The van der Waals surface area contributed by atoms with Gasteiger partial charge in [0.05, 0.1) is 5.56 Å². The SMILES string of the molecule is CCC(C)(C)NCC(C)Oc1ccccc1C(F)(F)F. The van der Waals surface area contributed by atoms with Gasteiger partial charge in [-0.05, 0) is 39.3 Å². The predicted molar refractivity (Wildman–Crippen MR) is 73.9 cm³/mol. The average molecular weight is 289 g/mol. The molecule has 20 heavy (non-hydrogen) atoms. The molecular weight excluding hydrogens is 267 g/mol. The first-order valence-electron chi connectivity index (χ1n) is 6.73. The highest BCUT2D eigenvalue weighted by atomic mass is 19.4. The number of benzene rings is 1. The molecule has 0 fully saturated rings. The Labute approximate surface area is 118 Å². The highest BCUT2D eigenvalue weighted by Gasteiger charge is 2.34. The highest BCUT2D eigenvalue weighted by Crippen LogP contribution is 2.36. The van der Waals surface area contributed by atoms with Gasteiger partial charge in [-0.25, -0.2) is 0 Å². The van der Waals surface area contributed by atoms with E-state index >= 15 is 0 Å². The van der Waals surface area contributed by atoms with E-state index in [1.807, 2.05) is 13.8 Å². The summed E-state index contributed by atoms with van der Waals surface area (Å²) in [4.78, 5) is 0. The second-order valence-corrected chi connectivity index (χ2v) is 5.54. The lowest BCUT2D eigenvalue weighted by Gasteiger charge is -2.27. The molecule has 0 saturated carbocycles. The van der Waals surface area contributed by atoms with Gasteiger partial charge < -0.3 is 10.1 Å². The van der Waals surface area contributed by atoms with Crippen molar-refractivity contribution in [1.29, 1.82) is 0 Å². The van der Waals surface area contributed by atoms with E-state index < -0.39 is 11.7 Å². The number of ether oxygens (including phenoxy) is 1. The van der Waals surface area contributed by atoms with Crippen LogP contribution < -0.4 is 10.1 Å². The minimum absolute atomic E-state index is 0.0544. The fourth-order valence-electron chi connectivity index (χ4n) is 1.61. The van der Waals surface area contributed by atoms with Crippen molar-refractivity contribution >= 4 is 0 Å². The molecule has 0 aliphatic heterocycles. The Morgan fingerprint density at radius 1 is 1.20 bits per heavy atom. The Kier molecular flexibility index (Phi) is 5.45. The summed E-state index contributed by atoms with van der Waals surface area (Å²) in [5.41, 5.74) is -0.789. The maximum Gasteiger partial charge on any atom is 0.419 e. The van der Waals surface area contributed by atoms with Crippen LogP contribution in [0.15, 0.2) is 24.3 Å². The normalized spacial score (nSPS) is 14.2. The Bertz CT molecular complexity index is 429. The summed E-state index contributed by atoms with van der Waals surface area (Å²) in [5, 5.41) is 3.28. The monoisotopic (exact) mass is 289 g/mol. The first kappa shape index (κ1) is 16.8. The molecule has 2 nitrogen and oxygen atoms in total. The first-order valence-corrected chi connectivity index (χ1v) is 6.73. The van der Waals surface area contributed by atoms with E-state index in [9.17, 15) is 13.2 Å². The summed E-state index contributed by atoms with van der Waals surface area (Å²) in [6, 6.07) is 5.29. The maximum atomic E-state index is 12.8. The molecule has 1 unspecified atom stereocenters. The van der Waals surface area contributed by atoms with Crippen LogP contribution in [0.2, 0.25) is 0 Å². The second-order valence-electron chi connectivity index (χ2n) is 5.54. The van der Waals surface area contributed by atoms with Crippen LogP contribution in [0.1, 0.15) is 39.7 Å². The minimum atomic E-state index is -4.40. The molecule has 114 valence electrons. The van der Waals surface area contributed by atoms with Crippen LogP contribution in [0.25, 0.3) is 0 Å². The molecule has 0 bridgehead atoms. The van der Waals surface area contributed by atoms with Gasteiger partial charge in [0.2, 0.25) is 0 Å². The highest BCUT2D eigenvalue weighted by molar-refractivity contribution is 5.35.